The van der Waals surface area contributed by atoms with Crippen LogP contribution in [0.4, 0.5) is 4.39 Å². The van der Waals surface area contributed by atoms with E-state index in [0.29, 0.717) is 10.0 Å². The average molecular weight is 435 g/mol. The van der Waals surface area contributed by atoms with Crippen molar-refractivity contribution >= 4 is 33.7 Å². The molecule has 2 aromatic rings. The van der Waals surface area contributed by atoms with Gasteiger partial charge in [-0.25, -0.2) is 9.18 Å². The second-order valence-electron chi connectivity index (χ2n) is 6.15. The van der Waals surface area contributed by atoms with Gasteiger partial charge < -0.3 is 15.4 Å². The number of carbonyl (C=O) groups is 3. The first-order chi connectivity index (χ1) is 12.8. The molecule has 27 heavy (non-hydrogen) atoms. The molecule has 1 unspecified atom stereocenters. The number of ether oxygens (including phenoxy) is 1. The van der Waals surface area contributed by atoms with Crippen molar-refractivity contribution in [1.82, 2.24) is 4.90 Å². The highest BCUT2D eigenvalue weighted by Crippen LogP contribution is 2.27. The van der Waals surface area contributed by atoms with Gasteiger partial charge >= 0.3 is 5.97 Å². The lowest BCUT2D eigenvalue weighted by molar-refractivity contribution is -0.159. The van der Waals surface area contributed by atoms with Crippen LogP contribution in [0.2, 0.25) is 0 Å². The number of esters is 1. The second kappa shape index (κ2) is 7.48. The van der Waals surface area contributed by atoms with E-state index in [9.17, 15) is 18.8 Å². The van der Waals surface area contributed by atoms with Crippen LogP contribution in [0.3, 0.4) is 0 Å². The molecule has 1 heterocycles. The van der Waals surface area contributed by atoms with Gasteiger partial charge in [0, 0.05) is 22.1 Å². The Morgan fingerprint density at radius 2 is 1.96 bits per heavy atom. The Hall–Kier alpha value is -2.74. The van der Waals surface area contributed by atoms with Crippen molar-refractivity contribution in [3.05, 3.63) is 69.4 Å². The van der Waals surface area contributed by atoms with Gasteiger partial charge in [0.15, 0.2) is 0 Å². The first-order valence-electron chi connectivity index (χ1n) is 8.13. The summed E-state index contributed by atoms with van der Waals surface area (Å²) in [6.07, 6.45) is -1.59. The van der Waals surface area contributed by atoms with E-state index in [-0.39, 0.29) is 18.0 Å². The third kappa shape index (κ3) is 3.71. The summed E-state index contributed by atoms with van der Waals surface area (Å²) in [6.45, 7) is 1.74. The Labute approximate surface area is 163 Å². The van der Waals surface area contributed by atoms with E-state index in [0.717, 1.165) is 11.6 Å². The van der Waals surface area contributed by atoms with E-state index in [2.05, 4.69) is 15.9 Å². The first kappa shape index (κ1) is 19.0. The molecule has 0 aromatic heterocycles. The number of hydrogen-bond donors (Lipinski definition) is 1. The van der Waals surface area contributed by atoms with Crippen LogP contribution in [0.5, 0.6) is 0 Å². The molecule has 6 nitrogen and oxygen atoms in total. The van der Waals surface area contributed by atoms with E-state index in [1.54, 1.807) is 24.3 Å². The molecule has 8 heteroatoms. The standard InChI is InChI=1S/C19H16BrFN2O4/c1-10(23-9-11-4-2-3-5-13(11)18(23)25)19(26)27-16(17(22)24)14-7-6-12(20)8-15(14)21/h2-8,10,16H,9H2,1H3,(H2,22,24)/t10-,16?/m1/s1. The van der Waals surface area contributed by atoms with Crippen LogP contribution in [0.25, 0.3) is 0 Å². The molecule has 0 spiro atoms. The minimum atomic E-state index is -1.59. The summed E-state index contributed by atoms with van der Waals surface area (Å²) in [5, 5.41) is 0. The number of nitrogens with zero attached hydrogens (tertiary/aromatic N) is 1. The van der Waals surface area contributed by atoms with Gasteiger partial charge in [0.2, 0.25) is 6.10 Å². The van der Waals surface area contributed by atoms with Crippen molar-refractivity contribution in [2.45, 2.75) is 25.6 Å². The van der Waals surface area contributed by atoms with Crippen molar-refractivity contribution < 1.29 is 23.5 Å². The molecule has 1 aliphatic rings. The van der Waals surface area contributed by atoms with Crippen LogP contribution in [0.1, 0.15) is 34.5 Å². The van der Waals surface area contributed by atoms with Gasteiger partial charge in [-0.1, -0.05) is 40.2 Å². The van der Waals surface area contributed by atoms with Crippen molar-refractivity contribution in [2.75, 3.05) is 0 Å². The van der Waals surface area contributed by atoms with E-state index < -0.39 is 29.8 Å². The maximum atomic E-state index is 14.2. The Kier molecular flexibility index (Phi) is 5.27. The highest BCUT2D eigenvalue weighted by atomic mass is 79.9. The number of benzene rings is 2. The lowest BCUT2D eigenvalue weighted by Gasteiger charge is -2.25. The molecule has 140 valence electrons. The van der Waals surface area contributed by atoms with Gasteiger partial charge in [-0.2, -0.15) is 0 Å². The number of nitrogens with two attached hydrogens (primary N) is 1. The van der Waals surface area contributed by atoms with Gasteiger partial charge in [0.1, 0.15) is 11.9 Å². The number of hydrogen-bond acceptors (Lipinski definition) is 4. The predicted molar refractivity (Wildman–Crippen MR) is 97.9 cm³/mol. The highest BCUT2D eigenvalue weighted by molar-refractivity contribution is 9.10. The summed E-state index contributed by atoms with van der Waals surface area (Å²) < 4.78 is 19.8. The zero-order chi connectivity index (χ0) is 19.7. The largest absolute Gasteiger partial charge is 0.446 e. The molecule has 2 atom stereocenters. The Balaban J connectivity index is 1.79. The van der Waals surface area contributed by atoms with Crippen LogP contribution in [-0.4, -0.2) is 28.7 Å². The summed E-state index contributed by atoms with van der Waals surface area (Å²) in [5.74, 6) is -2.89. The lowest BCUT2D eigenvalue weighted by atomic mass is 10.1. The van der Waals surface area contributed by atoms with E-state index in [1.165, 1.54) is 24.0 Å². The molecular formula is C19H16BrFN2O4. The maximum Gasteiger partial charge on any atom is 0.329 e. The normalized spacial score (nSPS) is 15.2. The van der Waals surface area contributed by atoms with Crippen molar-refractivity contribution in [3.8, 4) is 0 Å². The van der Waals surface area contributed by atoms with Crippen LogP contribution < -0.4 is 5.73 Å². The monoisotopic (exact) mass is 434 g/mol. The molecule has 0 bridgehead atoms. The van der Waals surface area contributed by atoms with E-state index in [4.69, 9.17) is 10.5 Å². The van der Waals surface area contributed by atoms with E-state index in [1.807, 2.05) is 0 Å². The first-order valence-corrected chi connectivity index (χ1v) is 8.92. The Bertz CT molecular complexity index is 934. The minimum absolute atomic E-state index is 0.151. The molecule has 0 fully saturated rings. The SMILES string of the molecule is C[C@H](C(=O)OC(C(N)=O)c1ccc(Br)cc1F)N1Cc2ccccc2C1=O. The molecule has 0 radical (unpaired) electrons. The summed E-state index contributed by atoms with van der Waals surface area (Å²) >= 11 is 3.11. The van der Waals surface area contributed by atoms with Crippen molar-refractivity contribution in [2.24, 2.45) is 5.73 Å². The summed E-state index contributed by atoms with van der Waals surface area (Å²) in [6, 6.07) is 10.0. The van der Waals surface area contributed by atoms with Gasteiger partial charge in [0.25, 0.3) is 11.8 Å². The Morgan fingerprint density at radius 3 is 2.59 bits per heavy atom. The number of fused-ring (bicyclic) bond motifs is 1. The molecule has 2 aromatic carbocycles. The number of primary amides is 1. The van der Waals surface area contributed by atoms with Gasteiger partial charge in [-0.15, -0.1) is 0 Å². The van der Waals surface area contributed by atoms with Crippen LogP contribution in [0, 0.1) is 5.82 Å². The highest BCUT2D eigenvalue weighted by Gasteiger charge is 2.36. The van der Waals surface area contributed by atoms with E-state index >= 15 is 0 Å². The second-order valence-corrected chi connectivity index (χ2v) is 7.07. The average Bonchev–Trinajstić information content (AvgIpc) is 2.96. The number of rotatable bonds is 5. The van der Waals surface area contributed by atoms with Gasteiger partial charge in [0.05, 0.1) is 0 Å². The lowest BCUT2D eigenvalue weighted by Crippen LogP contribution is -2.41. The van der Waals surface area contributed by atoms with Crippen molar-refractivity contribution in [1.29, 1.82) is 0 Å². The summed E-state index contributed by atoms with van der Waals surface area (Å²) in [7, 11) is 0. The molecule has 2 amide bonds. The molecule has 0 aliphatic carbocycles. The smallest absolute Gasteiger partial charge is 0.329 e. The molecular weight excluding hydrogens is 419 g/mol. The quantitative estimate of drug-likeness (QED) is 0.732. The molecule has 2 N–H and O–H groups in total. The number of halogens is 2. The van der Waals surface area contributed by atoms with Crippen LogP contribution in [-0.2, 0) is 20.9 Å². The summed E-state index contributed by atoms with van der Waals surface area (Å²) in [5.41, 5.74) is 6.46. The molecule has 3 rings (SSSR count). The third-order valence-electron chi connectivity index (χ3n) is 4.40. The fourth-order valence-corrected chi connectivity index (χ4v) is 3.25. The number of carbonyl (C=O) groups excluding carboxylic acids is 3. The maximum absolute atomic E-state index is 14.2. The fourth-order valence-electron chi connectivity index (χ4n) is 2.92. The van der Waals surface area contributed by atoms with Gasteiger partial charge in [-0.3, -0.25) is 9.59 Å². The zero-order valence-corrected chi connectivity index (χ0v) is 15.9. The molecule has 0 saturated carbocycles. The van der Waals surface area contributed by atoms with Gasteiger partial charge in [-0.05, 0) is 30.7 Å². The summed E-state index contributed by atoms with van der Waals surface area (Å²) in [4.78, 5) is 38.1. The third-order valence-corrected chi connectivity index (χ3v) is 4.89. The number of amides is 2. The molecule has 1 aliphatic heterocycles. The zero-order valence-electron chi connectivity index (χ0n) is 14.3. The van der Waals surface area contributed by atoms with Crippen molar-refractivity contribution in [3.63, 3.8) is 0 Å². The Morgan fingerprint density at radius 1 is 1.26 bits per heavy atom. The van der Waals surface area contributed by atoms with Crippen LogP contribution in [0.15, 0.2) is 46.9 Å². The predicted octanol–water partition coefficient (Wildman–Crippen LogP) is 2.70. The topological polar surface area (TPSA) is 89.7 Å². The fraction of sp³-hybridized carbons (Fsp3) is 0.211. The minimum Gasteiger partial charge on any atom is -0.446 e. The molecule has 0 saturated heterocycles. The van der Waals surface area contributed by atoms with Crippen LogP contribution >= 0.6 is 15.9 Å².